The van der Waals surface area contributed by atoms with E-state index in [1.54, 1.807) is 0 Å². The van der Waals surface area contributed by atoms with Gasteiger partial charge in [-0.1, -0.05) is 26.2 Å². The smallest absolute Gasteiger partial charge is 0.157 e. The molecule has 1 rings (SSSR count). The minimum atomic E-state index is -0.0249. The molecule has 0 aromatic heterocycles. The lowest BCUT2D eigenvalue weighted by atomic mass is 10.2. The minimum Gasteiger partial charge on any atom is -0.379 e. The van der Waals surface area contributed by atoms with E-state index in [4.69, 9.17) is 23.7 Å². The summed E-state index contributed by atoms with van der Waals surface area (Å²) in [5, 5.41) is 0. The topological polar surface area (TPSA) is 46.2 Å². The highest BCUT2D eigenvalue weighted by molar-refractivity contribution is 4.53. The highest BCUT2D eigenvalue weighted by atomic mass is 16.7. The second-order valence-electron chi connectivity index (χ2n) is 5.56. The van der Waals surface area contributed by atoms with Crippen LogP contribution >= 0.6 is 0 Å². The van der Waals surface area contributed by atoms with Crippen LogP contribution in [0.1, 0.15) is 51.9 Å². The van der Waals surface area contributed by atoms with Crippen LogP contribution in [0.25, 0.3) is 0 Å². The fourth-order valence-electron chi connectivity index (χ4n) is 2.25. The van der Waals surface area contributed by atoms with Crippen molar-refractivity contribution in [2.24, 2.45) is 0 Å². The van der Waals surface area contributed by atoms with Gasteiger partial charge in [0, 0.05) is 13.2 Å². The second-order valence-corrected chi connectivity index (χ2v) is 5.56. The fraction of sp³-hybridized carbons (Fsp3) is 1.00. The van der Waals surface area contributed by atoms with Crippen LogP contribution in [0.4, 0.5) is 0 Å². The van der Waals surface area contributed by atoms with E-state index in [2.05, 4.69) is 6.92 Å². The Hall–Kier alpha value is -0.200. The Kier molecular flexibility index (Phi) is 14.2. The van der Waals surface area contributed by atoms with Crippen molar-refractivity contribution < 1.29 is 23.7 Å². The molecule has 1 heterocycles. The van der Waals surface area contributed by atoms with Gasteiger partial charge in [-0.3, -0.25) is 0 Å². The molecular weight excluding hydrogens is 284 g/mol. The third kappa shape index (κ3) is 12.4. The molecule has 0 saturated carbocycles. The van der Waals surface area contributed by atoms with E-state index in [0.29, 0.717) is 39.6 Å². The Bertz CT molecular complexity index is 219. The first kappa shape index (κ1) is 19.8. The van der Waals surface area contributed by atoms with Crippen molar-refractivity contribution in [2.45, 2.75) is 58.2 Å². The van der Waals surface area contributed by atoms with Gasteiger partial charge in [0.2, 0.25) is 0 Å². The zero-order valence-electron chi connectivity index (χ0n) is 14.2. The molecule has 22 heavy (non-hydrogen) atoms. The summed E-state index contributed by atoms with van der Waals surface area (Å²) in [6, 6.07) is 0. The number of hydrogen-bond acceptors (Lipinski definition) is 5. The molecule has 0 spiro atoms. The number of rotatable bonds is 15. The molecule has 0 amide bonds. The molecule has 1 aliphatic rings. The quantitative estimate of drug-likeness (QED) is 0.434. The highest BCUT2D eigenvalue weighted by Gasteiger charge is 2.13. The molecule has 5 nitrogen and oxygen atoms in total. The normalized spacial score (nSPS) is 18.7. The predicted molar refractivity (Wildman–Crippen MR) is 86.1 cm³/mol. The van der Waals surface area contributed by atoms with Gasteiger partial charge in [-0.15, -0.1) is 0 Å². The molecule has 1 atom stereocenters. The lowest BCUT2D eigenvalue weighted by Gasteiger charge is -2.22. The van der Waals surface area contributed by atoms with Crippen molar-refractivity contribution in [1.29, 1.82) is 0 Å². The molecule has 1 aliphatic heterocycles. The molecule has 0 aliphatic carbocycles. The van der Waals surface area contributed by atoms with E-state index in [0.717, 1.165) is 32.5 Å². The first-order valence-electron chi connectivity index (χ1n) is 8.90. The van der Waals surface area contributed by atoms with E-state index in [9.17, 15) is 0 Å². The van der Waals surface area contributed by atoms with Crippen molar-refractivity contribution >= 4 is 0 Å². The lowest BCUT2D eigenvalue weighted by molar-refractivity contribution is -0.169. The van der Waals surface area contributed by atoms with Crippen LogP contribution in [-0.4, -0.2) is 59.1 Å². The van der Waals surface area contributed by atoms with Crippen LogP contribution in [0.3, 0.4) is 0 Å². The molecule has 132 valence electrons. The molecule has 5 heteroatoms. The Morgan fingerprint density at radius 1 is 0.773 bits per heavy atom. The predicted octanol–water partition coefficient (Wildman–Crippen LogP) is 3.16. The first-order chi connectivity index (χ1) is 10.9. The standard InChI is InChI=1S/C17H34O5/c1-2-3-4-6-9-18-11-12-19-13-14-20-15-16-22-17-8-5-7-10-21-17/h17H,2-16H2,1H3. The second kappa shape index (κ2) is 15.7. The molecule has 0 aromatic rings. The summed E-state index contributed by atoms with van der Waals surface area (Å²) < 4.78 is 27.4. The monoisotopic (exact) mass is 318 g/mol. The zero-order valence-corrected chi connectivity index (χ0v) is 14.2. The Balaban J connectivity index is 1.68. The summed E-state index contributed by atoms with van der Waals surface area (Å²) in [7, 11) is 0. The SMILES string of the molecule is CCCCCCOCCOCCOCCOC1CCCCO1. The number of ether oxygens (including phenoxy) is 5. The van der Waals surface area contributed by atoms with Crippen LogP contribution < -0.4 is 0 Å². The minimum absolute atomic E-state index is 0.0249. The van der Waals surface area contributed by atoms with Crippen LogP contribution in [0.2, 0.25) is 0 Å². The van der Waals surface area contributed by atoms with Gasteiger partial charge in [0.1, 0.15) is 0 Å². The Labute approximate surface area is 135 Å². The van der Waals surface area contributed by atoms with E-state index in [1.165, 1.54) is 25.7 Å². The maximum Gasteiger partial charge on any atom is 0.157 e. The number of unbranched alkanes of at least 4 members (excludes halogenated alkanes) is 3. The Morgan fingerprint density at radius 3 is 2.09 bits per heavy atom. The lowest BCUT2D eigenvalue weighted by Crippen LogP contribution is -2.24. The molecule has 0 radical (unpaired) electrons. The van der Waals surface area contributed by atoms with Gasteiger partial charge in [-0.2, -0.15) is 0 Å². The summed E-state index contributed by atoms with van der Waals surface area (Å²) >= 11 is 0. The molecule has 1 fully saturated rings. The van der Waals surface area contributed by atoms with Crippen LogP contribution in [-0.2, 0) is 23.7 Å². The zero-order chi connectivity index (χ0) is 15.7. The van der Waals surface area contributed by atoms with Gasteiger partial charge < -0.3 is 23.7 Å². The third-order valence-corrected chi connectivity index (χ3v) is 3.56. The summed E-state index contributed by atoms with van der Waals surface area (Å²) in [4.78, 5) is 0. The molecule has 1 unspecified atom stereocenters. The molecule has 0 N–H and O–H groups in total. The van der Waals surface area contributed by atoms with E-state index in [1.807, 2.05) is 0 Å². The average molecular weight is 318 g/mol. The van der Waals surface area contributed by atoms with E-state index in [-0.39, 0.29) is 6.29 Å². The summed E-state index contributed by atoms with van der Waals surface area (Å²) in [6.45, 7) is 7.60. The first-order valence-corrected chi connectivity index (χ1v) is 8.90. The van der Waals surface area contributed by atoms with Crippen LogP contribution in [0.5, 0.6) is 0 Å². The van der Waals surface area contributed by atoms with E-state index >= 15 is 0 Å². The van der Waals surface area contributed by atoms with Gasteiger partial charge in [0.25, 0.3) is 0 Å². The molecular formula is C17H34O5. The summed E-state index contributed by atoms with van der Waals surface area (Å²) in [5.74, 6) is 0. The third-order valence-electron chi connectivity index (χ3n) is 3.56. The molecule has 1 saturated heterocycles. The van der Waals surface area contributed by atoms with Gasteiger partial charge in [0.05, 0.1) is 39.6 Å². The molecule has 0 aromatic carbocycles. The summed E-state index contributed by atoms with van der Waals surface area (Å²) in [6.07, 6.45) is 8.30. The van der Waals surface area contributed by atoms with Crippen molar-refractivity contribution in [3.8, 4) is 0 Å². The van der Waals surface area contributed by atoms with Gasteiger partial charge >= 0.3 is 0 Å². The average Bonchev–Trinajstić information content (AvgIpc) is 2.56. The van der Waals surface area contributed by atoms with Gasteiger partial charge in [-0.25, -0.2) is 0 Å². The van der Waals surface area contributed by atoms with Crippen molar-refractivity contribution in [3.05, 3.63) is 0 Å². The largest absolute Gasteiger partial charge is 0.379 e. The van der Waals surface area contributed by atoms with Crippen molar-refractivity contribution in [1.82, 2.24) is 0 Å². The van der Waals surface area contributed by atoms with E-state index < -0.39 is 0 Å². The molecule has 0 bridgehead atoms. The van der Waals surface area contributed by atoms with Crippen LogP contribution in [0.15, 0.2) is 0 Å². The van der Waals surface area contributed by atoms with Crippen molar-refractivity contribution in [2.75, 3.05) is 52.9 Å². The van der Waals surface area contributed by atoms with Crippen molar-refractivity contribution in [3.63, 3.8) is 0 Å². The Morgan fingerprint density at radius 2 is 1.45 bits per heavy atom. The fourth-order valence-corrected chi connectivity index (χ4v) is 2.25. The maximum atomic E-state index is 5.57. The number of hydrogen-bond donors (Lipinski definition) is 0. The van der Waals surface area contributed by atoms with Crippen LogP contribution in [0, 0.1) is 0 Å². The van der Waals surface area contributed by atoms with Gasteiger partial charge in [-0.05, 0) is 25.7 Å². The van der Waals surface area contributed by atoms with Gasteiger partial charge in [0.15, 0.2) is 6.29 Å². The maximum absolute atomic E-state index is 5.57. The highest BCUT2D eigenvalue weighted by Crippen LogP contribution is 2.13. The summed E-state index contributed by atoms with van der Waals surface area (Å²) in [5.41, 5.74) is 0.